The van der Waals surface area contributed by atoms with Gasteiger partial charge in [-0.2, -0.15) is 0 Å². The van der Waals surface area contributed by atoms with Gasteiger partial charge in [0.15, 0.2) is 0 Å². The van der Waals surface area contributed by atoms with E-state index in [1.54, 1.807) is 0 Å². The Bertz CT molecular complexity index is 444. The van der Waals surface area contributed by atoms with E-state index in [9.17, 15) is 4.79 Å². The van der Waals surface area contributed by atoms with Crippen molar-refractivity contribution in [3.8, 4) is 0 Å². The van der Waals surface area contributed by atoms with Crippen LogP contribution in [0, 0.1) is 5.92 Å². The number of nitrogens with one attached hydrogen (secondary N) is 1. The molecular weight excluding hydrogens is 226 g/mol. The molecular formula is C14H21N3O. The van der Waals surface area contributed by atoms with Crippen molar-refractivity contribution in [2.45, 2.75) is 19.9 Å². The number of nitrogens with zero attached hydrogens (tertiary/aromatic N) is 2. The highest BCUT2D eigenvalue weighted by Crippen LogP contribution is 2.27. The molecule has 1 fully saturated rings. The van der Waals surface area contributed by atoms with Gasteiger partial charge in [0.2, 0.25) is 0 Å². The molecule has 1 unspecified atom stereocenters. The molecule has 0 radical (unpaired) electrons. The molecule has 0 saturated carbocycles. The molecule has 98 valence electrons. The molecule has 1 saturated heterocycles. The van der Waals surface area contributed by atoms with E-state index in [0.29, 0.717) is 5.92 Å². The Labute approximate surface area is 109 Å². The first-order valence-electron chi connectivity index (χ1n) is 6.36. The number of hydrogen-bond donors (Lipinski definition) is 1. The summed E-state index contributed by atoms with van der Waals surface area (Å²) in [5.41, 5.74) is 1.98. The normalized spacial score (nSPS) is 19.8. The van der Waals surface area contributed by atoms with Gasteiger partial charge in [-0.15, -0.1) is 0 Å². The molecule has 1 aromatic carbocycles. The summed E-state index contributed by atoms with van der Waals surface area (Å²) < 4.78 is 0. The third-order valence-electron chi connectivity index (χ3n) is 3.62. The van der Waals surface area contributed by atoms with Gasteiger partial charge < -0.3 is 10.2 Å². The quantitative estimate of drug-likeness (QED) is 0.891. The summed E-state index contributed by atoms with van der Waals surface area (Å²) in [5.74, 6) is 0.469. The number of urea groups is 1. The highest BCUT2D eigenvalue weighted by atomic mass is 16.2. The highest BCUT2D eigenvalue weighted by Gasteiger charge is 2.36. The molecule has 0 aliphatic carbocycles. The van der Waals surface area contributed by atoms with Crippen molar-refractivity contribution in [1.82, 2.24) is 4.90 Å². The van der Waals surface area contributed by atoms with Crippen LogP contribution in [0.25, 0.3) is 0 Å². The summed E-state index contributed by atoms with van der Waals surface area (Å²) in [7, 11) is 3.77. The van der Waals surface area contributed by atoms with E-state index in [-0.39, 0.29) is 12.1 Å². The van der Waals surface area contributed by atoms with E-state index >= 15 is 0 Å². The largest absolute Gasteiger partial charge is 0.388 e. The molecule has 1 aliphatic rings. The van der Waals surface area contributed by atoms with Gasteiger partial charge in [0.25, 0.3) is 0 Å². The molecule has 1 atom stereocenters. The van der Waals surface area contributed by atoms with E-state index in [0.717, 1.165) is 17.9 Å². The van der Waals surface area contributed by atoms with Gasteiger partial charge in [-0.05, 0) is 24.1 Å². The molecule has 1 aliphatic heterocycles. The molecule has 4 nitrogen and oxygen atoms in total. The fourth-order valence-corrected chi connectivity index (χ4v) is 2.42. The maximum absolute atomic E-state index is 12.3. The second-order valence-corrected chi connectivity index (χ2v) is 5.12. The smallest absolute Gasteiger partial charge is 0.324 e. The number of carbonyl (C=O) groups is 1. The summed E-state index contributed by atoms with van der Waals surface area (Å²) >= 11 is 0. The minimum atomic E-state index is 0.0851. The minimum Gasteiger partial charge on any atom is -0.388 e. The predicted octanol–water partition coefficient (Wildman–Crippen LogP) is 2.62. The van der Waals surface area contributed by atoms with Crippen LogP contribution in [0.2, 0.25) is 0 Å². The molecule has 2 rings (SSSR count). The van der Waals surface area contributed by atoms with Crippen LogP contribution in [0.4, 0.5) is 16.2 Å². The molecule has 0 spiro atoms. The summed E-state index contributed by atoms with van der Waals surface area (Å²) in [6.45, 7) is 5.07. The predicted molar refractivity (Wildman–Crippen MR) is 75.1 cm³/mol. The van der Waals surface area contributed by atoms with Gasteiger partial charge in [-0.25, -0.2) is 4.79 Å². The third kappa shape index (κ3) is 2.15. The minimum absolute atomic E-state index is 0.0851. The van der Waals surface area contributed by atoms with Crippen molar-refractivity contribution in [2.24, 2.45) is 5.92 Å². The standard InChI is InChI=1S/C14H21N3O/c1-10(2)13-9-17(14(18)16(13)4)12-7-5-6-11(8-12)15-3/h5-8,10,13,15H,9H2,1-4H3. The molecule has 2 amide bonds. The molecule has 1 aromatic rings. The first-order chi connectivity index (χ1) is 8.54. The highest BCUT2D eigenvalue weighted by molar-refractivity contribution is 5.95. The number of anilines is 2. The summed E-state index contributed by atoms with van der Waals surface area (Å²) in [6, 6.07) is 8.33. The van der Waals surface area contributed by atoms with Crippen LogP contribution in [0.15, 0.2) is 24.3 Å². The molecule has 0 bridgehead atoms. The van der Waals surface area contributed by atoms with Crippen molar-refractivity contribution in [1.29, 1.82) is 0 Å². The average Bonchev–Trinajstić information content (AvgIpc) is 2.67. The zero-order valence-corrected chi connectivity index (χ0v) is 11.5. The number of carbonyl (C=O) groups excluding carboxylic acids is 1. The average molecular weight is 247 g/mol. The first kappa shape index (κ1) is 12.7. The molecule has 18 heavy (non-hydrogen) atoms. The van der Waals surface area contributed by atoms with E-state index in [2.05, 4.69) is 19.2 Å². The summed E-state index contributed by atoms with van der Waals surface area (Å²) in [6.07, 6.45) is 0. The number of rotatable bonds is 3. The lowest BCUT2D eigenvalue weighted by molar-refractivity contribution is 0.208. The molecule has 1 N–H and O–H groups in total. The Hall–Kier alpha value is -1.71. The van der Waals surface area contributed by atoms with Gasteiger partial charge in [0.1, 0.15) is 0 Å². The number of hydrogen-bond acceptors (Lipinski definition) is 2. The fourth-order valence-electron chi connectivity index (χ4n) is 2.42. The van der Waals surface area contributed by atoms with E-state index in [1.165, 1.54) is 0 Å². The topological polar surface area (TPSA) is 35.6 Å². The number of benzene rings is 1. The molecule has 1 heterocycles. The maximum atomic E-state index is 12.3. The van der Waals surface area contributed by atoms with Gasteiger partial charge in [-0.3, -0.25) is 4.90 Å². The van der Waals surface area contributed by atoms with Crippen molar-refractivity contribution in [3.63, 3.8) is 0 Å². The van der Waals surface area contributed by atoms with Crippen molar-refractivity contribution in [3.05, 3.63) is 24.3 Å². The van der Waals surface area contributed by atoms with E-state index in [1.807, 2.05) is 48.2 Å². The van der Waals surface area contributed by atoms with E-state index in [4.69, 9.17) is 0 Å². The second kappa shape index (κ2) is 4.88. The van der Waals surface area contributed by atoms with Crippen molar-refractivity contribution < 1.29 is 4.79 Å². The lowest BCUT2D eigenvalue weighted by Crippen LogP contribution is -2.33. The van der Waals surface area contributed by atoms with Crippen LogP contribution in [-0.4, -0.2) is 37.6 Å². The second-order valence-electron chi connectivity index (χ2n) is 5.12. The van der Waals surface area contributed by atoms with Gasteiger partial charge in [-0.1, -0.05) is 19.9 Å². The van der Waals surface area contributed by atoms with Gasteiger partial charge in [0.05, 0.1) is 6.04 Å². The zero-order valence-electron chi connectivity index (χ0n) is 11.5. The maximum Gasteiger partial charge on any atom is 0.324 e. The Morgan fingerprint density at radius 1 is 1.39 bits per heavy atom. The van der Waals surface area contributed by atoms with Crippen molar-refractivity contribution in [2.75, 3.05) is 30.9 Å². The fraction of sp³-hybridized carbons (Fsp3) is 0.500. The Morgan fingerprint density at radius 3 is 2.67 bits per heavy atom. The third-order valence-corrected chi connectivity index (χ3v) is 3.62. The van der Waals surface area contributed by atoms with Crippen LogP contribution in [0.3, 0.4) is 0 Å². The van der Waals surface area contributed by atoms with Crippen LogP contribution < -0.4 is 10.2 Å². The molecule has 0 aromatic heterocycles. The Balaban J connectivity index is 2.26. The zero-order chi connectivity index (χ0) is 13.3. The molecule has 4 heteroatoms. The monoisotopic (exact) mass is 247 g/mol. The van der Waals surface area contributed by atoms with Crippen LogP contribution in [0.1, 0.15) is 13.8 Å². The summed E-state index contributed by atoms with van der Waals surface area (Å²) in [5, 5.41) is 3.10. The van der Waals surface area contributed by atoms with Crippen LogP contribution >= 0.6 is 0 Å². The SMILES string of the molecule is CNc1cccc(N2CC(C(C)C)N(C)C2=O)c1. The van der Waals surface area contributed by atoms with Gasteiger partial charge in [0, 0.05) is 32.0 Å². The van der Waals surface area contributed by atoms with Crippen molar-refractivity contribution >= 4 is 17.4 Å². The van der Waals surface area contributed by atoms with Crippen LogP contribution in [-0.2, 0) is 0 Å². The number of likely N-dealkylation sites (N-methyl/N-ethyl adjacent to an activating group) is 1. The van der Waals surface area contributed by atoms with E-state index < -0.39 is 0 Å². The first-order valence-corrected chi connectivity index (χ1v) is 6.36. The van der Waals surface area contributed by atoms with Gasteiger partial charge >= 0.3 is 6.03 Å². The van der Waals surface area contributed by atoms with Crippen LogP contribution in [0.5, 0.6) is 0 Å². The Kier molecular flexibility index (Phi) is 3.45. The lowest BCUT2D eigenvalue weighted by Gasteiger charge is -2.20. The Morgan fingerprint density at radius 2 is 2.11 bits per heavy atom. The lowest BCUT2D eigenvalue weighted by atomic mass is 10.0. The summed E-state index contributed by atoms with van der Waals surface area (Å²) in [4.78, 5) is 15.9. The number of amides is 2.